The number of amides is 2. The summed E-state index contributed by atoms with van der Waals surface area (Å²) in [6.07, 6.45) is 1.92. The van der Waals surface area contributed by atoms with Crippen molar-refractivity contribution in [2.75, 3.05) is 27.0 Å². The third-order valence-corrected chi connectivity index (χ3v) is 6.34. The molecule has 31 heavy (non-hydrogen) atoms. The van der Waals surface area contributed by atoms with Gasteiger partial charge in [0.25, 0.3) is 0 Å². The van der Waals surface area contributed by atoms with Crippen molar-refractivity contribution in [2.24, 2.45) is 11.8 Å². The van der Waals surface area contributed by atoms with Crippen molar-refractivity contribution in [3.05, 3.63) is 53.6 Å². The number of carbonyl (C=O) groups is 2. The molecule has 0 bridgehead atoms. The number of nitrogens with zero attached hydrogens (tertiary/aromatic N) is 1. The standard InChI is InChI=1S/C24H26N2O5/c1-29-18-7-5-16(6-8-18)19-12-26(24(28)17-3-4-17)13-20(19)23(27)25-11-15-2-9-21-22(10-15)31-14-30-21/h2,5-10,17,19-20H,3-4,11-14H2,1H3,(H,25,27)/t19-,20+/m1/s1. The zero-order valence-corrected chi connectivity index (χ0v) is 17.5. The van der Waals surface area contributed by atoms with E-state index >= 15 is 0 Å². The van der Waals surface area contributed by atoms with Gasteiger partial charge in [0.2, 0.25) is 18.6 Å². The maximum atomic E-state index is 13.2. The van der Waals surface area contributed by atoms with Gasteiger partial charge in [-0.25, -0.2) is 0 Å². The Labute approximate surface area is 181 Å². The van der Waals surface area contributed by atoms with Gasteiger partial charge in [0.05, 0.1) is 13.0 Å². The third kappa shape index (κ3) is 4.04. The van der Waals surface area contributed by atoms with Gasteiger partial charge in [0, 0.05) is 31.5 Å². The Kier molecular flexibility index (Phi) is 5.18. The Morgan fingerprint density at radius 3 is 2.58 bits per heavy atom. The van der Waals surface area contributed by atoms with Crippen LogP contribution in [0, 0.1) is 11.8 Å². The van der Waals surface area contributed by atoms with Gasteiger partial charge < -0.3 is 24.4 Å². The van der Waals surface area contributed by atoms with Crippen LogP contribution in [0.25, 0.3) is 0 Å². The predicted molar refractivity (Wildman–Crippen MR) is 113 cm³/mol. The summed E-state index contributed by atoms with van der Waals surface area (Å²) in [6.45, 7) is 1.66. The van der Waals surface area contributed by atoms with Crippen molar-refractivity contribution in [3.63, 3.8) is 0 Å². The molecular weight excluding hydrogens is 396 g/mol. The van der Waals surface area contributed by atoms with Gasteiger partial charge in [-0.3, -0.25) is 9.59 Å². The van der Waals surface area contributed by atoms with Gasteiger partial charge in [-0.2, -0.15) is 0 Å². The molecule has 2 atom stereocenters. The number of rotatable bonds is 6. The molecular formula is C24H26N2O5. The molecule has 7 nitrogen and oxygen atoms in total. The van der Waals surface area contributed by atoms with Crippen molar-refractivity contribution in [3.8, 4) is 17.2 Å². The molecule has 1 saturated carbocycles. The number of likely N-dealkylation sites (tertiary alicyclic amines) is 1. The van der Waals surface area contributed by atoms with Crippen LogP contribution in [0.2, 0.25) is 0 Å². The lowest BCUT2D eigenvalue weighted by Gasteiger charge is -2.18. The van der Waals surface area contributed by atoms with E-state index in [1.54, 1.807) is 7.11 Å². The average molecular weight is 422 g/mol. The molecule has 2 amide bonds. The quantitative estimate of drug-likeness (QED) is 0.775. The Bertz CT molecular complexity index is 986. The molecule has 2 aromatic carbocycles. The van der Waals surface area contributed by atoms with Crippen molar-refractivity contribution >= 4 is 11.8 Å². The molecule has 2 aliphatic heterocycles. The van der Waals surface area contributed by atoms with Crippen LogP contribution in [0.4, 0.5) is 0 Å². The monoisotopic (exact) mass is 422 g/mol. The van der Waals surface area contributed by atoms with Gasteiger partial charge in [0.15, 0.2) is 11.5 Å². The van der Waals surface area contributed by atoms with Gasteiger partial charge in [-0.05, 0) is 48.2 Å². The maximum Gasteiger partial charge on any atom is 0.231 e. The summed E-state index contributed by atoms with van der Waals surface area (Å²) in [7, 11) is 1.63. The molecule has 0 aromatic heterocycles. The van der Waals surface area contributed by atoms with Crippen LogP contribution >= 0.6 is 0 Å². The summed E-state index contributed by atoms with van der Waals surface area (Å²) in [4.78, 5) is 27.7. The zero-order valence-electron chi connectivity index (χ0n) is 17.5. The lowest BCUT2D eigenvalue weighted by molar-refractivity contribution is -0.132. The number of hydrogen-bond donors (Lipinski definition) is 1. The fourth-order valence-electron chi connectivity index (χ4n) is 4.40. The first-order valence-electron chi connectivity index (χ1n) is 10.7. The molecule has 5 rings (SSSR count). The van der Waals surface area contributed by atoms with Gasteiger partial charge in [0.1, 0.15) is 5.75 Å². The number of fused-ring (bicyclic) bond motifs is 1. The maximum absolute atomic E-state index is 13.2. The fraction of sp³-hybridized carbons (Fsp3) is 0.417. The Morgan fingerprint density at radius 2 is 1.84 bits per heavy atom. The highest BCUT2D eigenvalue weighted by Crippen LogP contribution is 2.38. The van der Waals surface area contributed by atoms with E-state index in [9.17, 15) is 9.59 Å². The Balaban J connectivity index is 1.30. The highest BCUT2D eigenvalue weighted by molar-refractivity contribution is 5.85. The SMILES string of the molecule is COc1ccc([C@H]2CN(C(=O)C3CC3)C[C@@H]2C(=O)NCc2ccc3c(c2)OCO3)cc1. The first-order chi connectivity index (χ1) is 15.1. The Morgan fingerprint density at radius 1 is 1.06 bits per heavy atom. The molecule has 1 N–H and O–H groups in total. The summed E-state index contributed by atoms with van der Waals surface area (Å²) >= 11 is 0. The lowest BCUT2D eigenvalue weighted by Crippen LogP contribution is -2.35. The number of ether oxygens (including phenoxy) is 3. The van der Waals surface area contributed by atoms with Crippen molar-refractivity contribution in [1.82, 2.24) is 10.2 Å². The lowest BCUT2D eigenvalue weighted by atomic mass is 9.88. The smallest absolute Gasteiger partial charge is 0.231 e. The van der Waals surface area contributed by atoms with Crippen molar-refractivity contribution < 1.29 is 23.8 Å². The zero-order chi connectivity index (χ0) is 21.4. The minimum atomic E-state index is -0.287. The predicted octanol–water partition coefficient (Wildman–Crippen LogP) is 2.69. The minimum absolute atomic E-state index is 0.0367. The molecule has 162 valence electrons. The van der Waals surface area contributed by atoms with E-state index in [4.69, 9.17) is 14.2 Å². The van der Waals surface area contributed by atoms with E-state index in [2.05, 4.69) is 5.32 Å². The molecule has 0 unspecified atom stereocenters. The van der Waals surface area contributed by atoms with E-state index in [0.717, 1.165) is 35.5 Å². The van der Waals surface area contributed by atoms with Crippen LogP contribution in [0.5, 0.6) is 17.2 Å². The minimum Gasteiger partial charge on any atom is -0.497 e. The second-order valence-electron chi connectivity index (χ2n) is 8.41. The largest absolute Gasteiger partial charge is 0.497 e. The molecule has 3 aliphatic rings. The first-order valence-corrected chi connectivity index (χ1v) is 10.7. The number of methoxy groups -OCH3 is 1. The molecule has 2 aromatic rings. The summed E-state index contributed by atoms with van der Waals surface area (Å²) < 4.78 is 16.0. The van der Waals surface area contributed by atoms with E-state index in [0.29, 0.717) is 25.4 Å². The molecule has 2 fully saturated rings. The average Bonchev–Trinajstić information content (AvgIpc) is 3.38. The van der Waals surface area contributed by atoms with Gasteiger partial charge >= 0.3 is 0 Å². The molecule has 0 radical (unpaired) electrons. The van der Waals surface area contributed by atoms with E-state index in [1.807, 2.05) is 47.4 Å². The first kappa shape index (κ1) is 19.7. The molecule has 1 saturated heterocycles. The molecule has 1 aliphatic carbocycles. The second-order valence-corrected chi connectivity index (χ2v) is 8.41. The Hall–Kier alpha value is -3.22. The van der Waals surface area contributed by atoms with Gasteiger partial charge in [-0.15, -0.1) is 0 Å². The van der Waals surface area contributed by atoms with Crippen LogP contribution in [-0.4, -0.2) is 43.7 Å². The van der Waals surface area contributed by atoms with E-state index in [1.165, 1.54) is 0 Å². The van der Waals surface area contributed by atoms with Crippen LogP contribution in [0.1, 0.15) is 29.9 Å². The molecule has 0 spiro atoms. The highest BCUT2D eigenvalue weighted by Gasteiger charge is 2.43. The second kappa shape index (κ2) is 8.13. The number of nitrogens with one attached hydrogen (secondary N) is 1. The summed E-state index contributed by atoms with van der Waals surface area (Å²) in [5.41, 5.74) is 2.00. The van der Waals surface area contributed by atoms with Crippen LogP contribution < -0.4 is 19.5 Å². The number of hydrogen-bond acceptors (Lipinski definition) is 5. The number of benzene rings is 2. The third-order valence-electron chi connectivity index (χ3n) is 6.34. The summed E-state index contributed by atoms with van der Waals surface area (Å²) in [5, 5.41) is 3.06. The molecule has 2 heterocycles. The normalized spacial score (nSPS) is 21.8. The van der Waals surface area contributed by atoms with E-state index in [-0.39, 0.29) is 36.4 Å². The van der Waals surface area contributed by atoms with Crippen LogP contribution in [-0.2, 0) is 16.1 Å². The fourth-order valence-corrected chi connectivity index (χ4v) is 4.40. The molecule has 7 heteroatoms. The van der Waals surface area contributed by atoms with E-state index < -0.39 is 0 Å². The van der Waals surface area contributed by atoms with Crippen molar-refractivity contribution in [2.45, 2.75) is 25.3 Å². The highest BCUT2D eigenvalue weighted by atomic mass is 16.7. The summed E-state index contributed by atoms with van der Waals surface area (Å²) in [5.74, 6) is 2.16. The number of carbonyl (C=O) groups excluding carboxylic acids is 2. The van der Waals surface area contributed by atoms with Gasteiger partial charge in [-0.1, -0.05) is 18.2 Å². The summed E-state index contributed by atoms with van der Waals surface area (Å²) in [6, 6.07) is 13.5. The van der Waals surface area contributed by atoms with Crippen LogP contribution in [0.3, 0.4) is 0 Å². The van der Waals surface area contributed by atoms with Crippen LogP contribution in [0.15, 0.2) is 42.5 Å². The topological polar surface area (TPSA) is 77.1 Å². The van der Waals surface area contributed by atoms with Crippen molar-refractivity contribution in [1.29, 1.82) is 0 Å².